The number of hydrogen-bond donors (Lipinski definition) is 1. The molecule has 1 heterocycles. The lowest BCUT2D eigenvalue weighted by Crippen LogP contribution is -2.35. The summed E-state index contributed by atoms with van der Waals surface area (Å²) in [5.74, 6) is 1.03. The number of hydrogen-bond acceptors (Lipinski definition) is 2. The predicted octanol–water partition coefficient (Wildman–Crippen LogP) is 3.16. The third-order valence-corrected chi connectivity index (χ3v) is 4.90. The van der Waals surface area contributed by atoms with Crippen LogP contribution in [0, 0.1) is 5.92 Å². The fourth-order valence-electron chi connectivity index (χ4n) is 3.77. The van der Waals surface area contributed by atoms with E-state index in [0.717, 1.165) is 18.4 Å². The van der Waals surface area contributed by atoms with Gasteiger partial charge < -0.3 is 10.6 Å². The lowest BCUT2D eigenvalue weighted by molar-refractivity contribution is 0.186. The minimum Gasteiger partial charge on any atom is -0.328 e. The number of nitrogens with zero attached hydrogens (tertiary/aromatic N) is 1. The lowest BCUT2D eigenvalue weighted by atomic mass is 9.96. The maximum atomic E-state index is 6.00. The molecule has 100 valence electrons. The molecule has 2 atom stereocenters. The summed E-state index contributed by atoms with van der Waals surface area (Å²) >= 11 is 0. The van der Waals surface area contributed by atoms with Gasteiger partial charge in [0.15, 0.2) is 0 Å². The molecule has 0 amide bonds. The van der Waals surface area contributed by atoms with Crippen LogP contribution in [0.25, 0.3) is 0 Å². The van der Waals surface area contributed by atoms with E-state index in [1.807, 2.05) is 0 Å². The molecule has 0 aromatic rings. The van der Waals surface area contributed by atoms with Crippen molar-refractivity contribution in [1.29, 1.82) is 0 Å². The van der Waals surface area contributed by atoms with Gasteiger partial charge in [-0.2, -0.15) is 0 Å². The van der Waals surface area contributed by atoms with Crippen LogP contribution in [-0.4, -0.2) is 30.1 Å². The van der Waals surface area contributed by atoms with E-state index < -0.39 is 0 Å². The normalized spacial score (nSPS) is 28.9. The summed E-state index contributed by atoms with van der Waals surface area (Å²) in [7, 11) is 0. The second kappa shape index (κ2) is 6.75. The van der Waals surface area contributed by atoms with Gasteiger partial charge in [-0.3, -0.25) is 0 Å². The molecule has 0 aromatic heterocycles. The Bertz CT molecular complexity index is 211. The second-order valence-corrected chi connectivity index (χ2v) is 6.10. The first kappa shape index (κ1) is 13.4. The molecule has 0 spiro atoms. The minimum atomic E-state index is 0.433. The van der Waals surface area contributed by atoms with Crippen molar-refractivity contribution in [2.24, 2.45) is 11.7 Å². The standard InChI is InChI=1S/C15H30N2/c1-2-14(16)9-5-11-17-12-6-10-15(17)13-7-3-4-8-13/h13-15H,2-12,16H2,1H3. The van der Waals surface area contributed by atoms with Gasteiger partial charge >= 0.3 is 0 Å². The Hall–Kier alpha value is -0.0800. The topological polar surface area (TPSA) is 29.3 Å². The fraction of sp³-hybridized carbons (Fsp3) is 1.00. The highest BCUT2D eigenvalue weighted by Crippen LogP contribution is 2.35. The molecule has 1 saturated carbocycles. The second-order valence-electron chi connectivity index (χ2n) is 6.10. The Kier molecular flexibility index (Phi) is 5.30. The largest absolute Gasteiger partial charge is 0.328 e. The van der Waals surface area contributed by atoms with Crippen molar-refractivity contribution >= 4 is 0 Å². The molecule has 0 bridgehead atoms. The third kappa shape index (κ3) is 3.69. The van der Waals surface area contributed by atoms with Crippen molar-refractivity contribution in [3.8, 4) is 0 Å². The van der Waals surface area contributed by atoms with Crippen molar-refractivity contribution in [1.82, 2.24) is 4.90 Å². The molecule has 2 heteroatoms. The highest BCUT2D eigenvalue weighted by Gasteiger charge is 2.32. The summed E-state index contributed by atoms with van der Waals surface area (Å²) in [5.41, 5.74) is 6.00. The van der Waals surface area contributed by atoms with E-state index in [0.29, 0.717) is 6.04 Å². The van der Waals surface area contributed by atoms with E-state index in [1.54, 1.807) is 0 Å². The van der Waals surface area contributed by atoms with E-state index >= 15 is 0 Å². The van der Waals surface area contributed by atoms with Crippen LogP contribution in [0.4, 0.5) is 0 Å². The molecule has 2 unspecified atom stereocenters. The summed E-state index contributed by atoms with van der Waals surface area (Å²) in [6, 6.07) is 1.36. The predicted molar refractivity (Wildman–Crippen MR) is 74.1 cm³/mol. The average molecular weight is 238 g/mol. The van der Waals surface area contributed by atoms with Crippen molar-refractivity contribution < 1.29 is 0 Å². The van der Waals surface area contributed by atoms with Crippen LogP contribution in [0.1, 0.15) is 64.7 Å². The molecule has 2 N–H and O–H groups in total. The van der Waals surface area contributed by atoms with E-state index in [1.165, 1.54) is 64.5 Å². The van der Waals surface area contributed by atoms with E-state index in [9.17, 15) is 0 Å². The highest BCUT2D eigenvalue weighted by atomic mass is 15.2. The smallest absolute Gasteiger partial charge is 0.0124 e. The van der Waals surface area contributed by atoms with Crippen LogP contribution in [0.15, 0.2) is 0 Å². The van der Waals surface area contributed by atoms with Gasteiger partial charge in [0.2, 0.25) is 0 Å². The first-order valence-corrected chi connectivity index (χ1v) is 7.81. The van der Waals surface area contributed by atoms with Crippen LogP contribution in [0.5, 0.6) is 0 Å². The van der Waals surface area contributed by atoms with E-state index in [2.05, 4.69) is 11.8 Å². The zero-order valence-corrected chi connectivity index (χ0v) is 11.5. The van der Waals surface area contributed by atoms with Gasteiger partial charge in [0.25, 0.3) is 0 Å². The number of nitrogens with two attached hydrogens (primary N) is 1. The van der Waals surface area contributed by atoms with Gasteiger partial charge in [0.1, 0.15) is 0 Å². The van der Waals surface area contributed by atoms with Gasteiger partial charge in [-0.25, -0.2) is 0 Å². The Balaban J connectivity index is 1.71. The lowest BCUT2D eigenvalue weighted by Gasteiger charge is -2.29. The summed E-state index contributed by atoms with van der Waals surface area (Å²) in [4.78, 5) is 2.78. The van der Waals surface area contributed by atoms with Crippen LogP contribution < -0.4 is 5.73 Å². The molecule has 2 rings (SSSR count). The molecule has 2 aliphatic rings. The minimum absolute atomic E-state index is 0.433. The zero-order valence-electron chi connectivity index (χ0n) is 11.5. The number of likely N-dealkylation sites (tertiary alicyclic amines) is 1. The van der Waals surface area contributed by atoms with Gasteiger partial charge in [-0.05, 0) is 64.0 Å². The molecule has 1 saturated heterocycles. The Morgan fingerprint density at radius 1 is 1.18 bits per heavy atom. The fourth-order valence-corrected chi connectivity index (χ4v) is 3.77. The Morgan fingerprint density at radius 3 is 2.65 bits per heavy atom. The van der Waals surface area contributed by atoms with Gasteiger partial charge in [0.05, 0.1) is 0 Å². The van der Waals surface area contributed by atoms with Crippen LogP contribution in [0.2, 0.25) is 0 Å². The van der Waals surface area contributed by atoms with Gasteiger partial charge in [-0.15, -0.1) is 0 Å². The van der Waals surface area contributed by atoms with Gasteiger partial charge in [-0.1, -0.05) is 19.8 Å². The van der Waals surface area contributed by atoms with Gasteiger partial charge in [0, 0.05) is 12.1 Å². The summed E-state index contributed by atoms with van der Waals surface area (Å²) in [6.07, 6.45) is 12.5. The molecule has 1 aliphatic carbocycles. The molecule has 17 heavy (non-hydrogen) atoms. The summed E-state index contributed by atoms with van der Waals surface area (Å²) < 4.78 is 0. The van der Waals surface area contributed by atoms with E-state index in [-0.39, 0.29) is 0 Å². The highest BCUT2D eigenvalue weighted by molar-refractivity contribution is 4.87. The first-order valence-electron chi connectivity index (χ1n) is 7.81. The Labute approximate surface area is 107 Å². The summed E-state index contributed by atoms with van der Waals surface area (Å²) in [5, 5.41) is 0. The van der Waals surface area contributed by atoms with Crippen LogP contribution in [-0.2, 0) is 0 Å². The zero-order chi connectivity index (χ0) is 12.1. The molecule has 2 fully saturated rings. The van der Waals surface area contributed by atoms with Crippen LogP contribution >= 0.6 is 0 Å². The molecule has 0 aromatic carbocycles. The molecule has 1 aliphatic heterocycles. The van der Waals surface area contributed by atoms with Crippen LogP contribution in [0.3, 0.4) is 0 Å². The Morgan fingerprint density at radius 2 is 1.94 bits per heavy atom. The van der Waals surface area contributed by atoms with Crippen molar-refractivity contribution in [2.75, 3.05) is 13.1 Å². The number of rotatable bonds is 6. The summed E-state index contributed by atoms with van der Waals surface area (Å²) in [6.45, 7) is 4.85. The quantitative estimate of drug-likeness (QED) is 0.770. The maximum absolute atomic E-state index is 6.00. The molecular formula is C15H30N2. The third-order valence-electron chi connectivity index (χ3n) is 4.90. The molecule has 2 nitrogen and oxygen atoms in total. The maximum Gasteiger partial charge on any atom is 0.0124 e. The van der Waals surface area contributed by atoms with Crippen molar-refractivity contribution in [2.45, 2.75) is 76.8 Å². The van der Waals surface area contributed by atoms with Crippen molar-refractivity contribution in [3.63, 3.8) is 0 Å². The van der Waals surface area contributed by atoms with Crippen molar-refractivity contribution in [3.05, 3.63) is 0 Å². The first-order chi connectivity index (χ1) is 8.31. The SMILES string of the molecule is CCC(N)CCCN1CCCC1C1CCCC1. The monoisotopic (exact) mass is 238 g/mol. The van der Waals surface area contributed by atoms with E-state index in [4.69, 9.17) is 5.73 Å². The molecule has 0 radical (unpaired) electrons. The molecular weight excluding hydrogens is 208 g/mol. The average Bonchev–Trinajstić information content (AvgIpc) is 2.98.